The van der Waals surface area contributed by atoms with Gasteiger partial charge in [-0.25, -0.2) is 4.79 Å². The molecule has 0 spiro atoms. The minimum Gasteiger partial charge on any atom is -0.459 e. The monoisotopic (exact) mass is 300 g/mol. The Hall–Kier alpha value is -2.17. The standard InChI is InChI=1S/C18H20O4/c19-12-11-17(21-13-15-7-3-1-4-8-15)18(20)22-14-16-9-5-2-6-10-16/h1-10,17,19H,11-14H2. The minimum absolute atomic E-state index is 0.125. The van der Waals surface area contributed by atoms with Crippen LogP contribution in [0.1, 0.15) is 17.5 Å². The smallest absolute Gasteiger partial charge is 0.335 e. The maximum atomic E-state index is 12.1. The van der Waals surface area contributed by atoms with Gasteiger partial charge in [-0.3, -0.25) is 0 Å². The quantitative estimate of drug-likeness (QED) is 0.762. The first-order valence-corrected chi connectivity index (χ1v) is 7.26. The molecular weight excluding hydrogens is 280 g/mol. The topological polar surface area (TPSA) is 55.8 Å². The summed E-state index contributed by atoms with van der Waals surface area (Å²) >= 11 is 0. The summed E-state index contributed by atoms with van der Waals surface area (Å²) in [6, 6.07) is 19.0. The molecule has 0 amide bonds. The molecule has 2 aromatic carbocycles. The third-order valence-electron chi connectivity index (χ3n) is 3.17. The highest BCUT2D eigenvalue weighted by Gasteiger charge is 2.20. The van der Waals surface area contributed by atoms with Gasteiger partial charge in [0, 0.05) is 13.0 Å². The number of carbonyl (C=O) groups excluding carboxylic acids is 1. The van der Waals surface area contributed by atoms with E-state index in [0.29, 0.717) is 6.61 Å². The minimum atomic E-state index is -0.756. The van der Waals surface area contributed by atoms with Crippen molar-refractivity contribution < 1.29 is 19.4 Å². The summed E-state index contributed by atoms with van der Waals surface area (Å²) in [5, 5.41) is 9.08. The lowest BCUT2D eigenvalue weighted by molar-refractivity contribution is -0.160. The predicted molar refractivity (Wildman–Crippen MR) is 83.0 cm³/mol. The third-order valence-corrected chi connectivity index (χ3v) is 3.17. The molecule has 0 saturated heterocycles. The van der Waals surface area contributed by atoms with E-state index in [4.69, 9.17) is 14.6 Å². The molecule has 0 aliphatic carbocycles. The van der Waals surface area contributed by atoms with Crippen LogP contribution in [0.2, 0.25) is 0 Å². The highest BCUT2D eigenvalue weighted by Crippen LogP contribution is 2.09. The Morgan fingerprint density at radius 1 is 0.909 bits per heavy atom. The van der Waals surface area contributed by atoms with E-state index in [-0.39, 0.29) is 19.6 Å². The fraction of sp³-hybridized carbons (Fsp3) is 0.278. The number of rotatable bonds is 8. The van der Waals surface area contributed by atoms with Gasteiger partial charge in [0.25, 0.3) is 0 Å². The SMILES string of the molecule is O=C(OCc1ccccc1)C(CCO)OCc1ccccc1. The van der Waals surface area contributed by atoms with E-state index in [1.807, 2.05) is 60.7 Å². The largest absolute Gasteiger partial charge is 0.459 e. The van der Waals surface area contributed by atoms with Crippen LogP contribution >= 0.6 is 0 Å². The third kappa shape index (κ3) is 5.31. The fourth-order valence-corrected chi connectivity index (χ4v) is 1.98. The number of aliphatic hydroxyl groups is 1. The number of carbonyl (C=O) groups is 1. The number of aliphatic hydroxyl groups excluding tert-OH is 1. The molecular formula is C18H20O4. The van der Waals surface area contributed by atoms with Crippen molar-refractivity contribution in [3.8, 4) is 0 Å². The van der Waals surface area contributed by atoms with Gasteiger partial charge in [-0.2, -0.15) is 0 Å². The number of benzene rings is 2. The molecule has 4 heteroatoms. The molecule has 1 atom stereocenters. The Morgan fingerprint density at radius 2 is 1.45 bits per heavy atom. The van der Waals surface area contributed by atoms with Crippen LogP contribution in [-0.2, 0) is 27.5 Å². The van der Waals surface area contributed by atoms with Gasteiger partial charge in [0.15, 0.2) is 6.10 Å². The van der Waals surface area contributed by atoms with E-state index in [2.05, 4.69) is 0 Å². The van der Waals surface area contributed by atoms with E-state index in [0.717, 1.165) is 11.1 Å². The molecule has 0 saturated carbocycles. The number of ether oxygens (including phenoxy) is 2. The van der Waals surface area contributed by atoms with Crippen molar-refractivity contribution in [1.29, 1.82) is 0 Å². The second-order valence-electron chi connectivity index (χ2n) is 4.89. The van der Waals surface area contributed by atoms with E-state index in [1.165, 1.54) is 0 Å². The van der Waals surface area contributed by atoms with E-state index >= 15 is 0 Å². The maximum Gasteiger partial charge on any atom is 0.335 e. The second-order valence-corrected chi connectivity index (χ2v) is 4.89. The first-order valence-electron chi connectivity index (χ1n) is 7.26. The van der Waals surface area contributed by atoms with Crippen LogP contribution in [0.3, 0.4) is 0 Å². The molecule has 0 fully saturated rings. The van der Waals surface area contributed by atoms with Crippen LogP contribution < -0.4 is 0 Å². The molecule has 1 N–H and O–H groups in total. The van der Waals surface area contributed by atoms with Crippen molar-refractivity contribution in [1.82, 2.24) is 0 Å². The van der Waals surface area contributed by atoms with Gasteiger partial charge in [0.2, 0.25) is 0 Å². The summed E-state index contributed by atoms with van der Waals surface area (Å²) in [7, 11) is 0. The lowest BCUT2D eigenvalue weighted by Crippen LogP contribution is -2.27. The lowest BCUT2D eigenvalue weighted by atomic mass is 10.2. The van der Waals surface area contributed by atoms with Gasteiger partial charge in [-0.15, -0.1) is 0 Å². The van der Waals surface area contributed by atoms with Gasteiger partial charge in [0.05, 0.1) is 6.61 Å². The average molecular weight is 300 g/mol. The normalized spacial score (nSPS) is 11.9. The van der Waals surface area contributed by atoms with Gasteiger partial charge >= 0.3 is 5.97 Å². The summed E-state index contributed by atoms with van der Waals surface area (Å²) in [6.07, 6.45) is -0.533. The van der Waals surface area contributed by atoms with Crippen LogP contribution in [0, 0.1) is 0 Å². The summed E-state index contributed by atoms with van der Waals surface area (Å²) in [5.74, 6) is -0.450. The van der Waals surface area contributed by atoms with Gasteiger partial charge in [-0.1, -0.05) is 60.7 Å². The number of hydrogen-bond acceptors (Lipinski definition) is 4. The summed E-state index contributed by atoms with van der Waals surface area (Å²) in [6.45, 7) is 0.391. The van der Waals surface area contributed by atoms with Gasteiger partial charge in [0.1, 0.15) is 6.61 Å². The molecule has 116 valence electrons. The van der Waals surface area contributed by atoms with Gasteiger partial charge in [-0.05, 0) is 11.1 Å². The number of hydrogen-bond donors (Lipinski definition) is 1. The molecule has 1 unspecified atom stereocenters. The van der Waals surface area contributed by atoms with E-state index in [9.17, 15) is 4.79 Å². The van der Waals surface area contributed by atoms with Crippen LogP contribution in [0.5, 0.6) is 0 Å². The first-order chi connectivity index (χ1) is 10.8. The Bertz CT molecular complexity index is 554. The van der Waals surface area contributed by atoms with Crippen LogP contribution in [0.25, 0.3) is 0 Å². The van der Waals surface area contributed by atoms with Crippen LogP contribution in [0.15, 0.2) is 60.7 Å². The zero-order valence-corrected chi connectivity index (χ0v) is 12.4. The highest BCUT2D eigenvalue weighted by atomic mass is 16.6. The Kier molecular flexibility index (Phi) is 6.61. The van der Waals surface area contributed by atoms with E-state index in [1.54, 1.807) is 0 Å². The highest BCUT2D eigenvalue weighted by molar-refractivity contribution is 5.74. The second kappa shape index (κ2) is 8.97. The molecule has 4 nitrogen and oxygen atoms in total. The molecule has 0 aliphatic heterocycles. The van der Waals surface area contributed by atoms with Gasteiger partial charge < -0.3 is 14.6 Å². The van der Waals surface area contributed by atoms with Crippen LogP contribution in [0.4, 0.5) is 0 Å². The average Bonchev–Trinajstić information content (AvgIpc) is 2.58. The van der Waals surface area contributed by atoms with Crippen molar-refractivity contribution in [3.63, 3.8) is 0 Å². The van der Waals surface area contributed by atoms with Crippen molar-refractivity contribution in [2.45, 2.75) is 25.7 Å². The van der Waals surface area contributed by atoms with E-state index < -0.39 is 12.1 Å². The van der Waals surface area contributed by atoms with Crippen molar-refractivity contribution in [2.24, 2.45) is 0 Å². The first kappa shape index (κ1) is 16.2. The molecule has 2 rings (SSSR count). The lowest BCUT2D eigenvalue weighted by Gasteiger charge is -2.16. The summed E-state index contributed by atoms with van der Waals surface area (Å²) in [5.41, 5.74) is 1.89. The summed E-state index contributed by atoms with van der Waals surface area (Å²) in [4.78, 5) is 12.1. The fourth-order valence-electron chi connectivity index (χ4n) is 1.98. The Labute approximate surface area is 130 Å². The van der Waals surface area contributed by atoms with Crippen molar-refractivity contribution >= 4 is 5.97 Å². The maximum absolute atomic E-state index is 12.1. The zero-order chi connectivity index (χ0) is 15.6. The number of esters is 1. The molecule has 22 heavy (non-hydrogen) atoms. The summed E-state index contributed by atoms with van der Waals surface area (Å²) < 4.78 is 10.8. The predicted octanol–water partition coefficient (Wildman–Crippen LogP) is 2.70. The molecule has 0 radical (unpaired) electrons. The molecule has 0 aromatic heterocycles. The van der Waals surface area contributed by atoms with Crippen LogP contribution in [-0.4, -0.2) is 23.8 Å². The Morgan fingerprint density at radius 3 is 2.00 bits per heavy atom. The molecule has 2 aromatic rings. The van der Waals surface area contributed by atoms with Crippen molar-refractivity contribution in [2.75, 3.05) is 6.61 Å². The Balaban J connectivity index is 1.85. The molecule has 0 aliphatic rings. The molecule has 0 bridgehead atoms. The zero-order valence-electron chi connectivity index (χ0n) is 12.4. The molecule has 0 heterocycles. The van der Waals surface area contributed by atoms with Crippen molar-refractivity contribution in [3.05, 3.63) is 71.8 Å².